The Kier molecular flexibility index (Phi) is 6.11. The lowest BCUT2D eigenvalue weighted by Gasteiger charge is -2.40. The molecule has 0 spiro atoms. The molecule has 1 aliphatic carbocycles. The number of Topliss-reactive ketones (excluding diaryl/α,β-unsaturated/α-hetero) is 1. The normalized spacial score (nSPS) is 23.4. The lowest BCUT2D eigenvalue weighted by atomic mass is 9.79. The third-order valence-corrected chi connectivity index (χ3v) is 6.00. The molecular formula is C20H27FN2O3S. The average Bonchev–Trinajstić information content (AvgIpc) is 2.99. The predicted molar refractivity (Wildman–Crippen MR) is 104 cm³/mol. The van der Waals surface area contributed by atoms with Crippen molar-refractivity contribution >= 4 is 27.3 Å². The van der Waals surface area contributed by atoms with Crippen LogP contribution in [0, 0.1) is 5.92 Å². The number of aromatic nitrogens is 2. The first kappa shape index (κ1) is 20.1. The topological polar surface area (TPSA) is 61.3 Å². The van der Waals surface area contributed by atoms with Gasteiger partial charge in [0.2, 0.25) is 5.88 Å². The van der Waals surface area contributed by atoms with Crippen molar-refractivity contribution in [2.75, 3.05) is 13.2 Å². The zero-order chi connectivity index (χ0) is 19.6. The summed E-state index contributed by atoms with van der Waals surface area (Å²) in [4.78, 5) is 19.9. The van der Waals surface area contributed by atoms with E-state index in [4.69, 9.17) is 9.47 Å². The zero-order valence-corrected chi connectivity index (χ0v) is 17.1. The van der Waals surface area contributed by atoms with Crippen LogP contribution in [0.2, 0.25) is 0 Å². The molecule has 0 amide bonds. The molecule has 1 saturated carbocycles. The van der Waals surface area contributed by atoms with Crippen LogP contribution in [0.5, 0.6) is 5.88 Å². The van der Waals surface area contributed by atoms with E-state index in [1.165, 1.54) is 0 Å². The van der Waals surface area contributed by atoms with Crippen LogP contribution in [0.1, 0.15) is 57.9 Å². The van der Waals surface area contributed by atoms with Crippen molar-refractivity contribution in [3.63, 3.8) is 0 Å². The summed E-state index contributed by atoms with van der Waals surface area (Å²) in [6.07, 6.45) is 2.72. The fourth-order valence-electron chi connectivity index (χ4n) is 3.20. The molecule has 2 aromatic rings. The summed E-state index contributed by atoms with van der Waals surface area (Å²) in [6, 6.07) is 1.83. The molecule has 2 aromatic heterocycles. The summed E-state index contributed by atoms with van der Waals surface area (Å²) < 4.78 is 27.0. The molecule has 5 nitrogen and oxygen atoms in total. The standard InChI is InChI=1S/C20H27FN2O3S/c1-12(2)19-23-16-9-22-18(6-17(16)27-19)26-11-20(21)7-15(8-20)25-10-13(3)5-14(4)24/h6,9,12-13,15H,5,7-8,10-11H2,1-4H3/t13-,15?,20?/m1/s1. The minimum atomic E-state index is -1.37. The van der Waals surface area contributed by atoms with E-state index >= 15 is 0 Å². The summed E-state index contributed by atoms with van der Waals surface area (Å²) in [5, 5.41) is 1.06. The van der Waals surface area contributed by atoms with Crippen LogP contribution >= 0.6 is 11.3 Å². The van der Waals surface area contributed by atoms with Crippen molar-refractivity contribution in [3.05, 3.63) is 17.3 Å². The first-order valence-electron chi connectivity index (χ1n) is 9.43. The molecule has 148 valence electrons. The van der Waals surface area contributed by atoms with Crippen molar-refractivity contribution in [2.45, 2.75) is 64.6 Å². The van der Waals surface area contributed by atoms with Gasteiger partial charge in [0.25, 0.3) is 0 Å². The van der Waals surface area contributed by atoms with Crippen LogP contribution in [0.4, 0.5) is 4.39 Å². The van der Waals surface area contributed by atoms with Crippen molar-refractivity contribution in [3.8, 4) is 5.88 Å². The van der Waals surface area contributed by atoms with Crippen LogP contribution in [-0.4, -0.2) is 40.7 Å². The van der Waals surface area contributed by atoms with Gasteiger partial charge in [0.1, 0.15) is 23.6 Å². The number of thiazole rings is 1. The van der Waals surface area contributed by atoms with Gasteiger partial charge in [-0.3, -0.25) is 0 Å². The van der Waals surface area contributed by atoms with Crippen LogP contribution in [0.25, 0.3) is 10.2 Å². The summed E-state index contributed by atoms with van der Waals surface area (Å²) in [6.45, 7) is 8.22. The van der Waals surface area contributed by atoms with Gasteiger partial charge in [0.05, 0.1) is 22.0 Å². The number of hydrogen-bond acceptors (Lipinski definition) is 6. The van der Waals surface area contributed by atoms with Gasteiger partial charge in [0.15, 0.2) is 0 Å². The average molecular weight is 395 g/mol. The van der Waals surface area contributed by atoms with Crippen LogP contribution < -0.4 is 4.74 Å². The van der Waals surface area contributed by atoms with Gasteiger partial charge in [0, 0.05) is 37.9 Å². The van der Waals surface area contributed by atoms with E-state index in [9.17, 15) is 9.18 Å². The minimum absolute atomic E-state index is 0.0236. The number of pyridine rings is 1. The molecule has 0 aromatic carbocycles. The number of alkyl halides is 1. The van der Waals surface area contributed by atoms with E-state index in [2.05, 4.69) is 23.8 Å². The fourth-order valence-corrected chi connectivity index (χ4v) is 4.17. The third-order valence-electron chi connectivity index (χ3n) is 4.68. The Bertz CT molecular complexity index is 802. The molecule has 0 N–H and O–H groups in total. The molecule has 1 atom stereocenters. The van der Waals surface area contributed by atoms with Crippen molar-refractivity contribution in [2.24, 2.45) is 5.92 Å². The highest BCUT2D eigenvalue weighted by molar-refractivity contribution is 7.18. The molecule has 0 radical (unpaired) electrons. The van der Waals surface area contributed by atoms with E-state index < -0.39 is 5.67 Å². The molecule has 2 heterocycles. The number of nitrogens with zero attached hydrogens (tertiary/aromatic N) is 2. The highest BCUT2D eigenvalue weighted by Gasteiger charge is 2.46. The third kappa shape index (κ3) is 5.23. The Morgan fingerprint density at radius 2 is 2.15 bits per heavy atom. The summed E-state index contributed by atoms with van der Waals surface area (Å²) in [5.41, 5.74) is -0.523. The number of ether oxygens (including phenoxy) is 2. The fraction of sp³-hybridized carbons (Fsp3) is 0.650. The Morgan fingerprint density at radius 1 is 1.41 bits per heavy atom. The van der Waals surface area contributed by atoms with Crippen LogP contribution in [-0.2, 0) is 9.53 Å². The van der Waals surface area contributed by atoms with Crippen LogP contribution in [0.15, 0.2) is 12.3 Å². The second-order valence-electron chi connectivity index (χ2n) is 8.01. The first-order chi connectivity index (χ1) is 12.7. The Morgan fingerprint density at radius 3 is 2.81 bits per heavy atom. The maximum atomic E-state index is 14.7. The highest BCUT2D eigenvalue weighted by Crippen LogP contribution is 2.39. The predicted octanol–water partition coefficient (Wildman–Crippen LogP) is 4.70. The summed E-state index contributed by atoms with van der Waals surface area (Å²) in [7, 11) is 0. The quantitative estimate of drug-likeness (QED) is 0.617. The van der Waals surface area contributed by atoms with E-state index in [0.717, 1.165) is 15.2 Å². The largest absolute Gasteiger partial charge is 0.474 e. The number of carbonyl (C=O) groups excluding carboxylic acids is 1. The number of carbonyl (C=O) groups is 1. The van der Waals surface area contributed by atoms with Crippen molar-refractivity contribution in [1.29, 1.82) is 0 Å². The Labute approximate surface area is 163 Å². The van der Waals surface area contributed by atoms with Gasteiger partial charge in [-0.2, -0.15) is 0 Å². The van der Waals surface area contributed by atoms with Crippen molar-refractivity contribution < 1.29 is 18.7 Å². The van der Waals surface area contributed by atoms with Gasteiger partial charge in [-0.15, -0.1) is 11.3 Å². The molecule has 3 rings (SSSR count). The lowest BCUT2D eigenvalue weighted by Crippen LogP contribution is -2.49. The number of hydrogen-bond donors (Lipinski definition) is 0. The number of halogens is 1. The molecular weight excluding hydrogens is 367 g/mol. The smallest absolute Gasteiger partial charge is 0.214 e. The van der Waals surface area contributed by atoms with E-state index in [1.54, 1.807) is 24.5 Å². The number of rotatable bonds is 9. The number of fused-ring (bicyclic) bond motifs is 1. The second kappa shape index (κ2) is 8.19. The lowest BCUT2D eigenvalue weighted by molar-refractivity contribution is -0.125. The van der Waals surface area contributed by atoms with Crippen molar-refractivity contribution in [1.82, 2.24) is 9.97 Å². The molecule has 0 bridgehead atoms. The number of ketones is 1. The first-order valence-corrected chi connectivity index (χ1v) is 10.2. The summed E-state index contributed by atoms with van der Waals surface area (Å²) in [5.74, 6) is 1.11. The molecule has 0 aliphatic heterocycles. The monoisotopic (exact) mass is 394 g/mol. The van der Waals surface area contributed by atoms with Gasteiger partial charge >= 0.3 is 0 Å². The highest BCUT2D eigenvalue weighted by atomic mass is 32.1. The van der Waals surface area contributed by atoms with Gasteiger partial charge in [-0.05, 0) is 12.8 Å². The van der Waals surface area contributed by atoms with Crippen LogP contribution in [0.3, 0.4) is 0 Å². The minimum Gasteiger partial charge on any atom is -0.474 e. The van der Waals surface area contributed by atoms with E-state index in [1.807, 2.05) is 13.0 Å². The zero-order valence-electron chi connectivity index (χ0n) is 16.3. The van der Waals surface area contributed by atoms with Gasteiger partial charge in [-0.25, -0.2) is 14.4 Å². The molecule has 0 saturated heterocycles. The Balaban J connectivity index is 1.46. The molecule has 27 heavy (non-hydrogen) atoms. The van der Waals surface area contributed by atoms with E-state index in [0.29, 0.717) is 37.7 Å². The van der Waals surface area contributed by atoms with Gasteiger partial charge < -0.3 is 14.3 Å². The van der Waals surface area contributed by atoms with E-state index in [-0.39, 0.29) is 24.4 Å². The Hall–Kier alpha value is -1.60. The molecule has 1 aliphatic rings. The van der Waals surface area contributed by atoms with Gasteiger partial charge in [-0.1, -0.05) is 20.8 Å². The molecule has 0 unspecified atom stereocenters. The second-order valence-corrected chi connectivity index (χ2v) is 9.07. The maximum absolute atomic E-state index is 14.7. The molecule has 1 fully saturated rings. The summed E-state index contributed by atoms with van der Waals surface area (Å²) >= 11 is 1.62. The SMILES string of the molecule is CC(=O)C[C@@H](C)COC1CC(F)(COc2cc3sc(C(C)C)nc3cn2)C1. The molecule has 7 heteroatoms. The maximum Gasteiger partial charge on any atom is 0.214 e.